The van der Waals surface area contributed by atoms with Gasteiger partial charge in [0, 0.05) is 11.0 Å². The lowest BCUT2D eigenvalue weighted by molar-refractivity contribution is -0.465. The lowest BCUT2D eigenvalue weighted by atomic mass is 10.2. The number of nitrogens with zero attached hydrogens (tertiary/aromatic N) is 4. The van der Waals surface area contributed by atoms with Gasteiger partial charge in [-0.1, -0.05) is 12.1 Å². The zero-order valence-electron chi connectivity index (χ0n) is 12.3. The van der Waals surface area contributed by atoms with Crippen molar-refractivity contribution in [2.24, 2.45) is 10.2 Å². The molecule has 0 radical (unpaired) electrons. The van der Waals surface area contributed by atoms with Crippen LogP contribution in [0, 0.1) is 4.91 Å². The van der Waals surface area contributed by atoms with Crippen molar-refractivity contribution in [3.05, 3.63) is 64.8 Å². The molecule has 3 rings (SSSR count). The maximum atomic E-state index is 11.9. The molecular weight excluding hydrogens is 312 g/mol. The summed E-state index contributed by atoms with van der Waals surface area (Å²) in [5.74, 6) is -0.494. The first-order valence-corrected chi connectivity index (χ1v) is 6.91. The Hall–Kier alpha value is -3.68. The first kappa shape index (κ1) is 15.2. The second kappa shape index (κ2) is 6.21. The summed E-state index contributed by atoms with van der Waals surface area (Å²) in [4.78, 5) is 11.9. The Morgan fingerprint density at radius 3 is 2.54 bits per heavy atom. The second-order valence-electron chi connectivity index (χ2n) is 4.92. The molecule has 8 nitrogen and oxygen atoms in total. The van der Waals surface area contributed by atoms with Gasteiger partial charge in [-0.2, -0.15) is 14.9 Å². The third kappa shape index (κ3) is 2.93. The van der Waals surface area contributed by atoms with Crippen molar-refractivity contribution in [2.75, 3.05) is 0 Å². The zero-order chi connectivity index (χ0) is 17.1. The summed E-state index contributed by atoms with van der Waals surface area (Å²) < 4.78 is 1.47. The van der Waals surface area contributed by atoms with E-state index in [1.165, 1.54) is 30.8 Å². The maximum Gasteiger partial charge on any atom is 0.289 e. The SMILES string of the molecule is O=[n+]1cc(/C=N\N=C/c2ccc(O)c(O)c2)n(O)c2ccccc21. The Morgan fingerprint density at radius 1 is 1.00 bits per heavy atom. The molecule has 0 spiro atoms. The quantitative estimate of drug-likeness (QED) is 0.223. The number of para-hydroxylation sites is 2. The Kier molecular flexibility index (Phi) is 3.94. The molecule has 3 aromatic rings. The summed E-state index contributed by atoms with van der Waals surface area (Å²) in [7, 11) is 0. The van der Waals surface area contributed by atoms with Gasteiger partial charge in [0.1, 0.15) is 0 Å². The van der Waals surface area contributed by atoms with E-state index in [4.69, 9.17) is 0 Å². The van der Waals surface area contributed by atoms with Crippen LogP contribution in [0.3, 0.4) is 0 Å². The number of benzene rings is 2. The smallest absolute Gasteiger partial charge is 0.289 e. The van der Waals surface area contributed by atoms with E-state index in [9.17, 15) is 20.3 Å². The highest BCUT2D eigenvalue weighted by Crippen LogP contribution is 2.23. The van der Waals surface area contributed by atoms with Crippen molar-refractivity contribution in [1.29, 1.82) is 0 Å². The van der Waals surface area contributed by atoms with E-state index in [0.717, 1.165) is 4.73 Å². The Bertz CT molecular complexity index is 1020. The third-order valence-electron chi connectivity index (χ3n) is 3.30. The van der Waals surface area contributed by atoms with E-state index in [2.05, 4.69) is 10.2 Å². The Morgan fingerprint density at radius 2 is 1.75 bits per heavy atom. The maximum absolute atomic E-state index is 11.9. The van der Waals surface area contributed by atoms with Gasteiger partial charge in [0.25, 0.3) is 11.7 Å². The van der Waals surface area contributed by atoms with Crippen molar-refractivity contribution in [3.63, 3.8) is 0 Å². The van der Waals surface area contributed by atoms with Crippen molar-refractivity contribution < 1.29 is 19.8 Å². The van der Waals surface area contributed by atoms with Crippen LogP contribution in [-0.2, 0) is 0 Å². The number of aromatic hydroxyl groups is 2. The van der Waals surface area contributed by atoms with E-state index in [1.807, 2.05) is 0 Å². The fraction of sp³-hybridized carbons (Fsp3) is 0. The molecule has 0 fully saturated rings. The van der Waals surface area contributed by atoms with Crippen LogP contribution in [0.2, 0.25) is 0 Å². The van der Waals surface area contributed by atoms with E-state index in [1.54, 1.807) is 30.3 Å². The molecule has 24 heavy (non-hydrogen) atoms. The Labute approximate surface area is 135 Å². The molecule has 8 heteroatoms. The minimum absolute atomic E-state index is 0.148. The molecule has 3 N–H and O–H groups in total. The van der Waals surface area contributed by atoms with Crippen molar-refractivity contribution in [1.82, 2.24) is 4.73 Å². The first-order chi connectivity index (χ1) is 11.6. The van der Waals surface area contributed by atoms with Crippen molar-refractivity contribution in [3.8, 4) is 11.5 Å². The van der Waals surface area contributed by atoms with Gasteiger partial charge in [-0.15, -0.1) is 0 Å². The molecule has 120 valence electrons. The molecule has 0 aliphatic rings. The molecule has 0 unspecified atom stereocenters. The number of hydrogen-bond donors (Lipinski definition) is 3. The number of rotatable bonds is 3. The van der Waals surface area contributed by atoms with Crippen LogP contribution in [0.15, 0.2) is 58.9 Å². The third-order valence-corrected chi connectivity index (χ3v) is 3.30. The minimum atomic E-state index is -0.266. The number of hydrogen-bond acceptors (Lipinski definition) is 6. The Balaban J connectivity index is 1.88. The highest BCUT2D eigenvalue weighted by atomic mass is 16.5. The van der Waals surface area contributed by atoms with Crippen LogP contribution in [0.4, 0.5) is 0 Å². The molecule has 0 amide bonds. The summed E-state index contributed by atoms with van der Waals surface area (Å²) >= 11 is 0. The predicted molar refractivity (Wildman–Crippen MR) is 87.4 cm³/mol. The van der Waals surface area contributed by atoms with Gasteiger partial charge < -0.3 is 15.4 Å². The molecule has 1 heterocycles. The van der Waals surface area contributed by atoms with Gasteiger partial charge in [-0.25, -0.2) is 0 Å². The molecule has 0 aliphatic heterocycles. The van der Waals surface area contributed by atoms with Crippen molar-refractivity contribution >= 4 is 23.5 Å². The van der Waals surface area contributed by atoms with Crippen molar-refractivity contribution in [2.45, 2.75) is 0 Å². The van der Waals surface area contributed by atoms with Gasteiger partial charge in [-0.3, -0.25) is 0 Å². The predicted octanol–water partition coefficient (Wildman–Crippen LogP) is 1.66. The van der Waals surface area contributed by atoms with Crippen LogP contribution in [-0.4, -0.2) is 32.6 Å². The van der Waals surface area contributed by atoms with Gasteiger partial charge in [0.15, 0.2) is 22.7 Å². The fourth-order valence-electron chi connectivity index (χ4n) is 2.11. The fourth-order valence-corrected chi connectivity index (χ4v) is 2.11. The van der Waals surface area contributed by atoms with Crippen LogP contribution < -0.4 is 4.43 Å². The van der Waals surface area contributed by atoms with Crippen LogP contribution in [0.5, 0.6) is 11.5 Å². The second-order valence-corrected chi connectivity index (χ2v) is 4.92. The summed E-state index contributed by atoms with van der Waals surface area (Å²) in [5, 5.41) is 36.3. The number of aromatic nitrogens is 2. The topological polar surface area (TPSA) is 113 Å². The summed E-state index contributed by atoms with van der Waals surface area (Å²) in [6.07, 6.45) is 3.75. The average molecular weight is 325 g/mol. The molecule has 0 atom stereocenters. The largest absolute Gasteiger partial charge is 0.504 e. The number of fused-ring (bicyclic) bond motifs is 1. The molecule has 0 saturated heterocycles. The zero-order valence-corrected chi connectivity index (χ0v) is 12.3. The van der Waals surface area contributed by atoms with E-state index < -0.39 is 0 Å². The van der Waals surface area contributed by atoms with Gasteiger partial charge in [-0.05, 0) is 29.8 Å². The first-order valence-electron chi connectivity index (χ1n) is 6.91. The lowest BCUT2D eigenvalue weighted by Gasteiger charge is -2.01. The highest BCUT2D eigenvalue weighted by Gasteiger charge is 2.13. The van der Waals surface area contributed by atoms with Gasteiger partial charge in [0.05, 0.1) is 16.9 Å². The van der Waals surface area contributed by atoms with Crippen LogP contribution in [0.1, 0.15) is 11.3 Å². The molecule has 0 saturated carbocycles. The van der Waals surface area contributed by atoms with E-state index in [0.29, 0.717) is 21.0 Å². The molecule has 1 aromatic heterocycles. The standard InChI is InChI=1S/C16H12N4O4/c21-15-6-5-11(7-16(15)22)8-17-18-9-12-10-19(23)13-3-1-2-4-14(13)20(12)24/h1-10,24H,(H-,17,18,21,22,23)/p+1. The monoisotopic (exact) mass is 325 g/mol. The molecule has 0 bridgehead atoms. The summed E-state index contributed by atoms with van der Waals surface area (Å²) in [6.45, 7) is 0. The van der Waals surface area contributed by atoms with E-state index in [-0.39, 0.29) is 17.2 Å². The molecule has 2 aromatic carbocycles. The highest BCUT2D eigenvalue weighted by molar-refractivity contribution is 5.83. The number of phenolic OH excluding ortho intramolecular Hbond substituents is 2. The minimum Gasteiger partial charge on any atom is -0.504 e. The number of phenols is 2. The van der Waals surface area contributed by atoms with Crippen LogP contribution >= 0.6 is 0 Å². The average Bonchev–Trinajstić information content (AvgIpc) is 2.59. The molecular formula is C16H13N4O4+. The lowest BCUT2D eigenvalue weighted by Crippen LogP contribution is -2.20. The summed E-state index contributed by atoms with van der Waals surface area (Å²) in [6, 6.07) is 10.8. The normalized spacial score (nSPS) is 11.7. The molecule has 0 aliphatic carbocycles. The van der Waals surface area contributed by atoms with Crippen LogP contribution in [0.25, 0.3) is 11.0 Å². The van der Waals surface area contributed by atoms with Gasteiger partial charge >= 0.3 is 0 Å². The van der Waals surface area contributed by atoms with E-state index >= 15 is 0 Å². The summed E-state index contributed by atoms with van der Waals surface area (Å²) in [5.41, 5.74) is 1.33. The van der Waals surface area contributed by atoms with Gasteiger partial charge in [0.2, 0.25) is 0 Å².